The standard InChI is InChI=1S/C18H17N3O2/c1-14(22)17-10-19-21(13-17)12-16-7-5-15(6-8-16)11-20-9-3-2-4-18(20)23/h2-10,13H,11-12H2,1H3. The highest BCUT2D eigenvalue weighted by Crippen LogP contribution is 2.08. The first-order chi connectivity index (χ1) is 11.1. The summed E-state index contributed by atoms with van der Waals surface area (Å²) in [6.07, 6.45) is 5.11. The first-order valence-corrected chi connectivity index (χ1v) is 7.38. The highest BCUT2D eigenvalue weighted by molar-refractivity contribution is 5.93. The van der Waals surface area contributed by atoms with Gasteiger partial charge in [0.25, 0.3) is 5.56 Å². The number of rotatable bonds is 5. The van der Waals surface area contributed by atoms with Crippen molar-refractivity contribution in [1.82, 2.24) is 14.3 Å². The Labute approximate surface area is 133 Å². The molecule has 0 N–H and O–H groups in total. The molecule has 0 spiro atoms. The predicted octanol–water partition coefficient (Wildman–Crippen LogP) is 2.34. The molecule has 2 heterocycles. The van der Waals surface area contributed by atoms with E-state index in [0.29, 0.717) is 18.7 Å². The Balaban J connectivity index is 1.70. The summed E-state index contributed by atoms with van der Waals surface area (Å²) < 4.78 is 3.41. The Kier molecular flexibility index (Phi) is 4.19. The Morgan fingerprint density at radius 3 is 2.35 bits per heavy atom. The van der Waals surface area contributed by atoms with E-state index in [1.807, 2.05) is 30.3 Å². The van der Waals surface area contributed by atoms with Crippen molar-refractivity contribution in [3.05, 3.63) is 88.1 Å². The number of hydrogen-bond acceptors (Lipinski definition) is 3. The number of ketones is 1. The fourth-order valence-corrected chi connectivity index (χ4v) is 2.36. The Morgan fingerprint density at radius 1 is 1.04 bits per heavy atom. The molecule has 0 aliphatic heterocycles. The summed E-state index contributed by atoms with van der Waals surface area (Å²) in [5.41, 5.74) is 2.76. The fourth-order valence-electron chi connectivity index (χ4n) is 2.36. The molecule has 0 atom stereocenters. The van der Waals surface area contributed by atoms with Crippen LogP contribution in [0.5, 0.6) is 0 Å². The second-order valence-electron chi connectivity index (χ2n) is 5.47. The number of Topliss-reactive ketones (excluding diaryl/α,β-unsaturated/α-hetero) is 1. The van der Waals surface area contributed by atoms with Gasteiger partial charge in [-0.05, 0) is 24.1 Å². The van der Waals surface area contributed by atoms with Crippen molar-refractivity contribution < 1.29 is 4.79 Å². The lowest BCUT2D eigenvalue weighted by Crippen LogP contribution is -2.18. The van der Waals surface area contributed by atoms with E-state index in [0.717, 1.165) is 11.1 Å². The molecule has 0 fully saturated rings. The van der Waals surface area contributed by atoms with Crippen molar-refractivity contribution in [3.8, 4) is 0 Å². The summed E-state index contributed by atoms with van der Waals surface area (Å²) in [4.78, 5) is 23.0. The van der Waals surface area contributed by atoms with Gasteiger partial charge in [0.1, 0.15) is 0 Å². The van der Waals surface area contributed by atoms with Crippen LogP contribution in [0.2, 0.25) is 0 Å². The Hall–Kier alpha value is -2.95. The normalized spacial score (nSPS) is 10.7. The number of aromatic nitrogens is 3. The van der Waals surface area contributed by atoms with E-state index in [2.05, 4.69) is 5.10 Å². The topological polar surface area (TPSA) is 56.9 Å². The number of hydrogen-bond donors (Lipinski definition) is 0. The van der Waals surface area contributed by atoms with Crippen LogP contribution in [0.4, 0.5) is 0 Å². The second kappa shape index (κ2) is 6.44. The minimum Gasteiger partial charge on any atom is -0.311 e. The zero-order valence-corrected chi connectivity index (χ0v) is 12.8. The van der Waals surface area contributed by atoms with Gasteiger partial charge in [0.2, 0.25) is 0 Å². The molecule has 0 aliphatic rings. The molecule has 3 aromatic rings. The van der Waals surface area contributed by atoms with Crippen LogP contribution in [0.25, 0.3) is 0 Å². The van der Waals surface area contributed by atoms with Crippen molar-refractivity contribution in [1.29, 1.82) is 0 Å². The third kappa shape index (κ3) is 3.63. The van der Waals surface area contributed by atoms with Crippen LogP contribution in [-0.4, -0.2) is 20.1 Å². The second-order valence-corrected chi connectivity index (χ2v) is 5.47. The van der Waals surface area contributed by atoms with Crippen LogP contribution in [-0.2, 0) is 13.1 Å². The molecular weight excluding hydrogens is 290 g/mol. The lowest BCUT2D eigenvalue weighted by atomic mass is 10.1. The minimum atomic E-state index is -0.00937. The van der Waals surface area contributed by atoms with E-state index in [9.17, 15) is 9.59 Å². The van der Waals surface area contributed by atoms with Crippen LogP contribution >= 0.6 is 0 Å². The quantitative estimate of drug-likeness (QED) is 0.680. The average molecular weight is 307 g/mol. The summed E-state index contributed by atoms with van der Waals surface area (Å²) in [5, 5.41) is 4.18. The van der Waals surface area contributed by atoms with Gasteiger partial charge in [-0.3, -0.25) is 14.3 Å². The van der Waals surface area contributed by atoms with E-state index in [1.165, 1.54) is 6.92 Å². The van der Waals surface area contributed by atoms with Crippen molar-refractivity contribution in [2.24, 2.45) is 0 Å². The van der Waals surface area contributed by atoms with E-state index < -0.39 is 0 Å². The molecule has 0 amide bonds. The fraction of sp³-hybridized carbons (Fsp3) is 0.167. The predicted molar refractivity (Wildman–Crippen MR) is 87.6 cm³/mol. The van der Waals surface area contributed by atoms with Crippen molar-refractivity contribution in [2.45, 2.75) is 20.0 Å². The third-order valence-corrected chi connectivity index (χ3v) is 3.66. The summed E-state index contributed by atoms with van der Waals surface area (Å²) in [6, 6.07) is 13.2. The molecule has 0 aliphatic carbocycles. The summed E-state index contributed by atoms with van der Waals surface area (Å²) in [5.74, 6) is 0.0138. The molecule has 0 unspecified atom stereocenters. The number of carbonyl (C=O) groups excluding carboxylic acids is 1. The van der Waals surface area contributed by atoms with Gasteiger partial charge in [0, 0.05) is 18.5 Å². The SMILES string of the molecule is CC(=O)c1cnn(Cc2ccc(Cn3ccccc3=O)cc2)c1. The van der Waals surface area contributed by atoms with Gasteiger partial charge in [-0.15, -0.1) is 0 Å². The number of benzene rings is 1. The Morgan fingerprint density at radius 2 is 1.74 bits per heavy atom. The third-order valence-electron chi connectivity index (χ3n) is 3.66. The number of carbonyl (C=O) groups is 1. The monoisotopic (exact) mass is 307 g/mol. The first kappa shape index (κ1) is 15.0. The molecule has 5 heteroatoms. The largest absolute Gasteiger partial charge is 0.311 e. The van der Waals surface area contributed by atoms with Crippen molar-refractivity contribution >= 4 is 5.78 Å². The smallest absolute Gasteiger partial charge is 0.250 e. The molecular formula is C18H17N3O2. The van der Waals surface area contributed by atoms with E-state index in [4.69, 9.17) is 0 Å². The molecule has 3 rings (SSSR count). The zero-order valence-electron chi connectivity index (χ0n) is 12.8. The van der Waals surface area contributed by atoms with Crippen LogP contribution in [0.15, 0.2) is 65.8 Å². The van der Waals surface area contributed by atoms with Crippen LogP contribution in [0.1, 0.15) is 28.4 Å². The summed E-state index contributed by atoms with van der Waals surface area (Å²) in [7, 11) is 0. The number of nitrogens with zero attached hydrogens (tertiary/aromatic N) is 3. The lowest BCUT2D eigenvalue weighted by molar-refractivity contribution is 0.101. The van der Waals surface area contributed by atoms with E-state index in [1.54, 1.807) is 40.0 Å². The van der Waals surface area contributed by atoms with E-state index >= 15 is 0 Å². The van der Waals surface area contributed by atoms with Crippen LogP contribution in [0.3, 0.4) is 0 Å². The van der Waals surface area contributed by atoms with Gasteiger partial charge in [-0.25, -0.2) is 0 Å². The molecule has 0 radical (unpaired) electrons. The van der Waals surface area contributed by atoms with Gasteiger partial charge in [-0.1, -0.05) is 30.3 Å². The van der Waals surface area contributed by atoms with Crippen LogP contribution in [0, 0.1) is 0 Å². The zero-order chi connectivity index (χ0) is 16.2. The molecule has 1 aromatic carbocycles. The van der Waals surface area contributed by atoms with Crippen molar-refractivity contribution in [2.75, 3.05) is 0 Å². The van der Waals surface area contributed by atoms with E-state index in [-0.39, 0.29) is 11.3 Å². The van der Waals surface area contributed by atoms with Crippen LogP contribution < -0.4 is 5.56 Å². The van der Waals surface area contributed by atoms with Gasteiger partial charge >= 0.3 is 0 Å². The molecule has 5 nitrogen and oxygen atoms in total. The van der Waals surface area contributed by atoms with Gasteiger partial charge in [-0.2, -0.15) is 5.10 Å². The molecule has 0 saturated heterocycles. The Bertz CT molecular complexity index is 876. The molecule has 23 heavy (non-hydrogen) atoms. The lowest BCUT2D eigenvalue weighted by Gasteiger charge is -2.07. The maximum Gasteiger partial charge on any atom is 0.250 e. The molecule has 0 saturated carbocycles. The molecule has 116 valence electrons. The minimum absolute atomic E-state index is 0.00937. The van der Waals surface area contributed by atoms with Crippen molar-refractivity contribution in [3.63, 3.8) is 0 Å². The summed E-state index contributed by atoms with van der Waals surface area (Å²) in [6.45, 7) is 2.69. The highest BCUT2D eigenvalue weighted by Gasteiger charge is 2.04. The number of pyridine rings is 1. The maximum atomic E-state index is 11.7. The maximum absolute atomic E-state index is 11.7. The molecule has 2 aromatic heterocycles. The average Bonchev–Trinajstić information content (AvgIpc) is 3.00. The molecule has 0 bridgehead atoms. The van der Waals surface area contributed by atoms with Gasteiger partial charge in [0.15, 0.2) is 5.78 Å². The van der Waals surface area contributed by atoms with Gasteiger partial charge < -0.3 is 4.57 Å². The van der Waals surface area contributed by atoms with Gasteiger partial charge in [0.05, 0.1) is 24.8 Å². The first-order valence-electron chi connectivity index (χ1n) is 7.38. The summed E-state index contributed by atoms with van der Waals surface area (Å²) >= 11 is 0. The highest BCUT2D eigenvalue weighted by atomic mass is 16.1.